The van der Waals surface area contributed by atoms with Gasteiger partial charge in [-0.15, -0.1) is 0 Å². The molecule has 0 unspecified atom stereocenters. The van der Waals surface area contributed by atoms with Gasteiger partial charge in [0.1, 0.15) is 11.6 Å². The number of pyridine rings is 1. The highest BCUT2D eigenvalue weighted by Crippen LogP contribution is 2.30. The normalized spacial score (nSPS) is 11.3. The molecule has 4 aromatic rings. The quantitative estimate of drug-likeness (QED) is 0.406. The van der Waals surface area contributed by atoms with Crippen LogP contribution in [0.4, 0.5) is 35.1 Å². The Hall–Kier alpha value is -4.35. The van der Waals surface area contributed by atoms with E-state index >= 15 is 0 Å². The monoisotopic (exact) mass is 471 g/mol. The number of aryl methyl sites for hydroxylation is 1. The van der Waals surface area contributed by atoms with Gasteiger partial charge in [-0.3, -0.25) is 4.79 Å². The van der Waals surface area contributed by atoms with Crippen LogP contribution in [0, 0.1) is 5.82 Å². The maximum absolute atomic E-state index is 14.7. The third kappa shape index (κ3) is 5.52. The molecule has 1 amide bonds. The molecule has 34 heavy (non-hydrogen) atoms. The van der Waals surface area contributed by atoms with Gasteiger partial charge < -0.3 is 15.2 Å². The number of carbonyl (C=O) groups is 1. The van der Waals surface area contributed by atoms with Gasteiger partial charge in [-0.05, 0) is 23.8 Å². The zero-order chi connectivity index (χ0) is 24.3. The lowest BCUT2D eigenvalue weighted by Gasteiger charge is -2.10. The highest BCUT2D eigenvalue weighted by atomic mass is 19.4. The van der Waals surface area contributed by atoms with E-state index in [1.165, 1.54) is 30.6 Å². The van der Waals surface area contributed by atoms with Crippen LogP contribution in [0.3, 0.4) is 0 Å². The molecule has 0 saturated heterocycles. The molecule has 0 aliphatic carbocycles. The number of alkyl halides is 3. The lowest BCUT2D eigenvalue weighted by molar-refractivity contribution is -0.137. The number of rotatable bonds is 6. The largest absolute Gasteiger partial charge is 0.416 e. The molecule has 174 valence electrons. The van der Waals surface area contributed by atoms with E-state index in [0.29, 0.717) is 22.9 Å². The van der Waals surface area contributed by atoms with Crippen LogP contribution in [0.15, 0.2) is 61.4 Å². The topological polar surface area (TPSA) is 97.6 Å². The first-order chi connectivity index (χ1) is 16.2. The Morgan fingerprint density at radius 2 is 1.79 bits per heavy atom. The van der Waals surface area contributed by atoms with E-state index in [-0.39, 0.29) is 17.8 Å². The van der Waals surface area contributed by atoms with Crippen LogP contribution in [0.2, 0.25) is 0 Å². The van der Waals surface area contributed by atoms with Gasteiger partial charge in [0, 0.05) is 43.0 Å². The second-order valence-corrected chi connectivity index (χ2v) is 7.31. The Bertz CT molecular complexity index is 1320. The Morgan fingerprint density at radius 3 is 2.44 bits per heavy atom. The van der Waals surface area contributed by atoms with Crippen molar-refractivity contribution in [2.45, 2.75) is 12.6 Å². The van der Waals surface area contributed by atoms with Gasteiger partial charge in [-0.25, -0.2) is 24.3 Å². The van der Waals surface area contributed by atoms with E-state index in [2.05, 4.69) is 30.6 Å². The molecule has 4 rings (SSSR count). The second-order valence-electron chi connectivity index (χ2n) is 7.31. The highest BCUT2D eigenvalue weighted by Gasteiger charge is 2.30. The van der Waals surface area contributed by atoms with Crippen molar-refractivity contribution in [3.8, 4) is 11.1 Å². The minimum absolute atomic E-state index is 0.230. The first kappa shape index (κ1) is 22.8. The minimum atomic E-state index is -4.56. The van der Waals surface area contributed by atoms with Crippen molar-refractivity contribution in [1.82, 2.24) is 24.5 Å². The number of aromatic nitrogens is 5. The summed E-state index contributed by atoms with van der Waals surface area (Å²) in [6.07, 6.45) is 2.40. The van der Waals surface area contributed by atoms with Crippen LogP contribution < -0.4 is 10.6 Å². The zero-order valence-electron chi connectivity index (χ0n) is 17.6. The Morgan fingerprint density at radius 1 is 1.03 bits per heavy atom. The van der Waals surface area contributed by atoms with E-state index in [1.54, 1.807) is 17.1 Å². The number of amides is 1. The number of nitrogens with one attached hydrogen (secondary N) is 2. The summed E-state index contributed by atoms with van der Waals surface area (Å²) >= 11 is 0. The smallest absolute Gasteiger partial charge is 0.338 e. The van der Waals surface area contributed by atoms with Crippen LogP contribution in [-0.4, -0.2) is 30.4 Å². The molecule has 8 nitrogen and oxygen atoms in total. The van der Waals surface area contributed by atoms with Crippen molar-refractivity contribution in [1.29, 1.82) is 0 Å². The molecule has 3 heterocycles. The number of anilines is 3. The van der Waals surface area contributed by atoms with Gasteiger partial charge in [0.25, 0.3) is 0 Å². The molecule has 0 aliphatic heterocycles. The molecule has 0 aliphatic rings. The van der Waals surface area contributed by atoms with Crippen molar-refractivity contribution in [2.75, 3.05) is 10.6 Å². The SMILES string of the molecule is Cn1cnc(Nc2ncc(-c3ccc(CC(=O)Nc4cc(C(F)(F)F)ccn4)cc3F)cn2)c1. The lowest BCUT2D eigenvalue weighted by Crippen LogP contribution is -2.16. The van der Waals surface area contributed by atoms with Crippen molar-refractivity contribution in [3.05, 3.63) is 78.4 Å². The fourth-order valence-electron chi connectivity index (χ4n) is 3.07. The summed E-state index contributed by atoms with van der Waals surface area (Å²) in [6.45, 7) is 0. The van der Waals surface area contributed by atoms with E-state index in [0.717, 1.165) is 18.3 Å². The average molecular weight is 471 g/mol. The van der Waals surface area contributed by atoms with Crippen molar-refractivity contribution in [3.63, 3.8) is 0 Å². The summed E-state index contributed by atoms with van der Waals surface area (Å²) in [5.41, 5.74) is 0.0538. The van der Waals surface area contributed by atoms with Crippen molar-refractivity contribution < 1.29 is 22.4 Å². The molecule has 0 bridgehead atoms. The summed E-state index contributed by atoms with van der Waals surface area (Å²) < 4.78 is 54.8. The summed E-state index contributed by atoms with van der Waals surface area (Å²) in [5.74, 6) is -0.624. The van der Waals surface area contributed by atoms with E-state index in [4.69, 9.17) is 0 Å². The van der Waals surface area contributed by atoms with Gasteiger partial charge in [0.05, 0.1) is 18.3 Å². The number of hydrogen-bond acceptors (Lipinski definition) is 6. The fourth-order valence-corrected chi connectivity index (χ4v) is 3.07. The fraction of sp³-hybridized carbons (Fsp3) is 0.136. The molecule has 3 aromatic heterocycles. The maximum atomic E-state index is 14.7. The number of nitrogens with zero attached hydrogens (tertiary/aromatic N) is 5. The zero-order valence-corrected chi connectivity index (χ0v) is 17.6. The Kier molecular flexibility index (Phi) is 6.21. The molecule has 2 N–H and O–H groups in total. The first-order valence-corrected chi connectivity index (χ1v) is 9.86. The molecule has 0 atom stereocenters. The molecule has 0 saturated carbocycles. The third-order valence-corrected chi connectivity index (χ3v) is 4.66. The van der Waals surface area contributed by atoms with Gasteiger partial charge in [-0.1, -0.05) is 12.1 Å². The standard InChI is InChI=1S/C22H17F4N7O/c1-33-11-19(30-12-33)32-21-28-9-14(10-29-21)16-3-2-13(6-17(16)23)7-20(34)31-18-8-15(4-5-27-18)22(24,25)26/h2-6,8-12H,7H2,1H3,(H,27,31,34)(H,28,29,32). The van der Waals surface area contributed by atoms with Crippen LogP contribution >= 0.6 is 0 Å². The minimum Gasteiger partial charge on any atom is -0.338 e. The molecular weight excluding hydrogens is 454 g/mol. The van der Waals surface area contributed by atoms with Crippen LogP contribution in [0.1, 0.15) is 11.1 Å². The Labute approximate surface area is 190 Å². The van der Waals surface area contributed by atoms with Gasteiger partial charge in [-0.2, -0.15) is 13.2 Å². The number of benzene rings is 1. The van der Waals surface area contributed by atoms with Crippen molar-refractivity contribution in [2.24, 2.45) is 7.05 Å². The van der Waals surface area contributed by atoms with E-state index in [9.17, 15) is 22.4 Å². The number of halogens is 4. The summed E-state index contributed by atoms with van der Waals surface area (Å²) in [4.78, 5) is 28.3. The molecule has 0 radical (unpaired) electrons. The first-order valence-electron chi connectivity index (χ1n) is 9.86. The van der Waals surface area contributed by atoms with Crippen LogP contribution in [-0.2, 0) is 24.4 Å². The number of imidazole rings is 1. The molecule has 12 heteroatoms. The third-order valence-electron chi connectivity index (χ3n) is 4.66. The second kappa shape index (κ2) is 9.25. The molecular formula is C22H17F4N7O. The summed E-state index contributed by atoms with van der Waals surface area (Å²) in [6, 6.07) is 5.72. The van der Waals surface area contributed by atoms with E-state index in [1.807, 2.05) is 7.05 Å². The summed E-state index contributed by atoms with van der Waals surface area (Å²) in [5, 5.41) is 5.21. The molecule has 0 fully saturated rings. The predicted molar refractivity (Wildman–Crippen MR) is 115 cm³/mol. The predicted octanol–water partition coefficient (Wildman–Crippen LogP) is 4.35. The number of hydrogen-bond donors (Lipinski definition) is 2. The van der Waals surface area contributed by atoms with E-state index < -0.39 is 23.5 Å². The number of carbonyl (C=O) groups excluding carboxylic acids is 1. The van der Waals surface area contributed by atoms with Crippen molar-refractivity contribution >= 4 is 23.5 Å². The maximum Gasteiger partial charge on any atom is 0.416 e. The van der Waals surface area contributed by atoms with Crippen LogP contribution in [0.25, 0.3) is 11.1 Å². The summed E-state index contributed by atoms with van der Waals surface area (Å²) in [7, 11) is 1.82. The van der Waals surface area contributed by atoms with Gasteiger partial charge >= 0.3 is 6.18 Å². The molecule has 1 aromatic carbocycles. The van der Waals surface area contributed by atoms with Gasteiger partial charge in [0.2, 0.25) is 11.9 Å². The highest BCUT2D eigenvalue weighted by molar-refractivity contribution is 5.91. The average Bonchev–Trinajstić information content (AvgIpc) is 3.18. The van der Waals surface area contributed by atoms with Gasteiger partial charge in [0.15, 0.2) is 5.82 Å². The lowest BCUT2D eigenvalue weighted by atomic mass is 10.0. The van der Waals surface area contributed by atoms with Crippen LogP contribution in [0.5, 0.6) is 0 Å². The Balaban J connectivity index is 1.41. The molecule has 0 spiro atoms.